The molecule has 6 nitrogen and oxygen atoms in total. The van der Waals surface area contributed by atoms with Crippen LogP contribution in [0.1, 0.15) is 31.1 Å². The maximum Gasteiger partial charge on any atom is 0.257 e. The number of carbonyl (C=O) groups is 1. The Kier molecular flexibility index (Phi) is 4.63. The average molecular weight is 252 g/mol. The van der Waals surface area contributed by atoms with Gasteiger partial charge in [0.25, 0.3) is 5.91 Å². The van der Waals surface area contributed by atoms with Gasteiger partial charge in [0.05, 0.1) is 11.2 Å². The molecule has 4 N–H and O–H groups in total. The first-order chi connectivity index (χ1) is 8.39. The molecule has 1 rings (SSSR count). The van der Waals surface area contributed by atoms with Crippen molar-refractivity contribution in [2.75, 3.05) is 18.5 Å². The number of nitrogen functional groups attached to an aromatic ring is 1. The molecule has 0 aliphatic carbocycles. The van der Waals surface area contributed by atoms with Gasteiger partial charge in [0.2, 0.25) is 0 Å². The first-order valence-corrected chi connectivity index (χ1v) is 5.82. The van der Waals surface area contributed by atoms with E-state index in [0.717, 1.165) is 0 Å². The van der Waals surface area contributed by atoms with Gasteiger partial charge in [-0.25, -0.2) is 10.8 Å². The number of anilines is 1. The largest absolute Gasteiger partial charge is 0.389 e. The summed E-state index contributed by atoms with van der Waals surface area (Å²) in [7, 11) is 0. The summed E-state index contributed by atoms with van der Waals surface area (Å²) in [6.07, 6.45) is 1.55. The Morgan fingerprint density at radius 1 is 1.61 bits per heavy atom. The molecule has 1 aromatic heterocycles. The Morgan fingerprint density at radius 3 is 2.78 bits per heavy atom. The molecule has 0 spiro atoms. The molecule has 0 aromatic carbocycles. The Bertz CT molecular complexity index is 415. The maximum absolute atomic E-state index is 12.3. The average Bonchev–Trinajstić information content (AvgIpc) is 2.34. The third kappa shape index (κ3) is 3.68. The molecule has 0 bridgehead atoms. The van der Waals surface area contributed by atoms with Crippen LogP contribution < -0.4 is 11.3 Å². The van der Waals surface area contributed by atoms with Crippen LogP contribution in [0.2, 0.25) is 0 Å². The number of hydrogen-bond donors (Lipinski definition) is 3. The van der Waals surface area contributed by atoms with Gasteiger partial charge in [0.15, 0.2) is 5.82 Å². The second-order valence-electron chi connectivity index (χ2n) is 4.68. The van der Waals surface area contributed by atoms with Crippen molar-refractivity contribution in [2.24, 2.45) is 5.84 Å². The zero-order valence-corrected chi connectivity index (χ0v) is 11.0. The number of hydrazine groups is 1. The zero-order valence-electron chi connectivity index (χ0n) is 11.0. The van der Waals surface area contributed by atoms with Crippen molar-refractivity contribution in [1.29, 1.82) is 0 Å². The van der Waals surface area contributed by atoms with E-state index >= 15 is 0 Å². The molecule has 6 heteroatoms. The Balaban J connectivity index is 2.97. The van der Waals surface area contributed by atoms with Crippen LogP contribution >= 0.6 is 0 Å². The van der Waals surface area contributed by atoms with Crippen LogP contribution in [-0.4, -0.2) is 39.6 Å². The summed E-state index contributed by atoms with van der Waals surface area (Å²) in [6.45, 7) is 5.93. The van der Waals surface area contributed by atoms with Crippen LogP contribution in [0.15, 0.2) is 18.3 Å². The van der Waals surface area contributed by atoms with Crippen molar-refractivity contribution >= 4 is 11.7 Å². The number of nitrogens with zero attached hydrogens (tertiary/aromatic N) is 2. The molecule has 1 aromatic rings. The summed E-state index contributed by atoms with van der Waals surface area (Å²) in [6, 6.07) is 3.32. The number of hydrogen-bond acceptors (Lipinski definition) is 5. The van der Waals surface area contributed by atoms with Gasteiger partial charge in [0.1, 0.15) is 0 Å². The van der Waals surface area contributed by atoms with Crippen LogP contribution in [0.3, 0.4) is 0 Å². The van der Waals surface area contributed by atoms with Gasteiger partial charge in [-0.3, -0.25) is 4.79 Å². The van der Waals surface area contributed by atoms with E-state index < -0.39 is 5.60 Å². The lowest BCUT2D eigenvalue weighted by atomic mass is 10.1. The lowest BCUT2D eigenvalue weighted by molar-refractivity contribution is 0.0315. The van der Waals surface area contributed by atoms with E-state index in [1.165, 1.54) is 0 Å². The lowest BCUT2D eigenvalue weighted by Gasteiger charge is -2.28. The van der Waals surface area contributed by atoms with Gasteiger partial charge >= 0.3 is 0 Å². The summed E-state index contributed by atoms with van der Waals surface area (Å²) in [5.74, 6) is 5.45. The molecule has 0 aliphatic rings. The first kappa shape index (κ1) is 14.4. The van der Waals surface area contributed by atoms with Gasteiger partial charge in [-0.1, -0.05) is 0 Å². The van der Waals surface area contributed by atoms with Gasteiger partial charge in [0, 0.05) is 19.3 Å². The summed E-state index contributed by atoms with van der Waals surface area (Å²) in [5.41, 5.74) is 1.85. The smallest absolute Gasteiger partial charge is 0.257 e. The number of nitrogens with one attached hydrogen (secondary N) is 1. The van der Waals surface area contributed by atoms with Gasteiger partial charge in [-0.05, 0) is 32.9 Å². The Labute approximate surface area is 107 Å². The lowest BCUT2D eigenvalue weighted by Crippen LogP contribution is -2.42. The minimum atomic E-state index is -0.940. The second-order valence-corrected chi connectivity index (χ2v) is 4.68. The van der Waals surface area contributed by atoms with Crippen LogP contribution in [0.4, 0.5) is 5.82 Å². The number of likely N-dealkylation sites (N-methyl/N-ethyl adjacent to an activating group) is 1. The van der Waals surface area contributed by atoms with Crippen LogP contribution in [0.25, 0.3) is 0 Å². The highest BCUT2D eigenvalue weighted by Crippen LogP contribution is 2.15. The summed E-state index contributed by atoms with van der Waals surface area (Å²) in [5, 5.41) is 9.79. The standard InChI is InChI=1S/C12H20N4O2/c1-4-16(8-12(2,3)18)11(17)9-6-5-7-14-10(9)15-13/h5-7,18H,4,8,13H2,1-3H3,(H,14,15). The minimum Gasteiger partial charge on any atom is -0.389 e. The molecular formula is C12H20N4O2. The predicted molar refractivity (Wildman–Crippen MR) is 69.9 cm³/mol. The van der Waals surface area contributed by atoms with Crippen LogP contribution in [0.5, 0.6) is 0 Å². The zero-order chi connectivity index (χ0) is 13.8. The van der Waals surface area contributed by atoms with Crippen molar-refractivity contribution in [3.05, 3.63) is 23.9 Å². The minimum absolute atomic E-state index is 0.208. The number of carbonyl (C=O) groups excluding carboxylic acids is 1. The first-order valence-electron chi connectivity index (χ1n) is 5.82. The monoisotopic (exact) mass is 252 g/mol. The molecule has 0 unspecified atom stereocenters. The fourth-order valence-electron chi connectivity index (χ4n) is 1.66. The highest BCUT2D eigenvalue weighted by Gasteiger charge is 2.23. The van der Waals surface area contributed by atoms with E-state index in [0.29, 0.717) is 17.9 Å². The molecule has 1 amide bonds. The van der Waals surface area contributed by atoms with Gasteiger partial charge < -0.3 is 15.4 Å². The number of amides is 1. The predicted octanol–water partition coefficient (Wildman–Crippen LogP) is 0.600. The molecule has 18 heavy (non-hydrogen) atoms. The SMILES string of the molecule is CCN(CC(C)(C)O)C(=O)c1cccnc1NN. The molecule has 0 radical (unpaired) electrons. The molecule has 0 aliphatic heterocycles. The molecule has 0 atom stereocenters. The van der Waals surface area contributed by atoms with Crippen LogP contribution in [-0.2, 0) is 0 Å². The molecule has 1 heterocycles. The van der Waals surface area contributed by atoms with E-state index in [-0.39, 0.29) is 12.5 Å². The van der Waals surface area contributed by atoms with E-state index in [4.69, 9.17) is 5.84 Å². The number of aromatic nitrogens is 1. The van der Waals surface area contributed by atoms with E-state index in [1.807, 2.05) is 6.92 Å². The van der Waals surface area contributed by atoms with Crippen molar-refractivity contribution < 1.29 is 9.90 Å². The number of rotatable bonds is 5. The number of aliphatic hydroxyl groups is 1. The van der Waals surface area contributed by atoms with E-state index in [9.17, 15) is 9.90 Å². The van der Waals surface area contributed by atoms with Crippen molar-refractivity contribution in [2.45, 2.75) is 26.4 Å². The normalized spacial score (nSPS) is 11.2. The highest BCUT2D eigenvalue weighted by atomic mass is 16.3. The van der Waals surface area contributed by atoms with Crippen molar-refractivity contribution in [1.82, 2.24) is 9.88 Å². The fraction of sp³-hybridized carbons (Fsp3) is 0.500. The summed E-state index contributed by atoms with van der Waals surface area (Å²) in [4.78, 5) is 17.9. The van der Waals surface area contributed by atoms with Crippen molar-refractivity contribution in [3.8, 4) is 0 Å². The molecule has 0 saturated carbocycles. The number of pyridine rings is 1. The van der Waals surface area contributed by atoms with Crippen molar-refractivity contribution in [3.63, 3.8) is 0 Å². The summed E-state index contributed by atoms with van der Waals surface area (Å²) < 4.78 is 0. The van der Waals surface area contributed by atoms with Crippen LogP contribution in [0, 0.1) is 0 Å². The fourth-order valence-corrected chi connectivity index (χ4v) is 1.66. The molecular weight excluding hydrogens is 232 g/mol. The highest BCUT2D eigenvalue weighted by molar-refractivity contribution is 5.98. The quantitative estimate of drug-likeness (QED) is 0.527. The topological polar surface area (TPSA) is 91.5 Å². The maximum atomic E-state index is 12.3. The number of nitrogens with two attached hydrogens (primary N) is 1. The summed E-state index contributed by atoms with van der Waals surface area (Å²) >= 11 is 0. The second kappa shape index (κ2) is 5.79. The Hall–Kier alpha value is -1.66. The third-order valence-corrected chi connectivity index (χ3v) is 2.42. The molecule has 100 valence electrons. The van der Waals surface area contributed by atoms with Gasteiger partial charge in [-0.15, -0.1) is 0 Å². The Morgan fingerprint density at radius 2 is 2.28 bits per heavy atom. The third-order valence-electron chi connectivity index (χ3n) is 2.42. The molecule has 0 saturated heterocycles. The van der Waals surface area contributed by atoms with Gasteiger partial charge in [-0.2, -0.15) is 0 Å². The van der Waals surface area contributed by atoms with E-state index in [1.54, 1.807) is 37.1 Å². The van der Waals surface area contributed by atoms with E-state index in [2.05, 4.69) is 10.4 Å². The molecule has 0 fully saturated rings.